The number of carbonyl (C=O) groups excluding carboxylic acids is 2. The minimum absolute atomic E-state index is 0.0174. The van der Waals surface area contributed by atoms with E-state index in [9.17, 15) is 9.59 Å². The molecule has 2 atom stereocenters. The molecule has 0 aliphatic carbocycles. The Kier molecular flexibility index (Phi) is 4.88. The molecule has 2 unspecified atom stereocenters. The van der Waals surface area contributed by atoms with Crippen LogP contribution in [0.2, 0.25) is 0 Å². The second-order valence-corrected chi connectivity index (χ2v) is 7.39. The molecule has 1 N–H and O–H groups in total. The van der Waals surface area contributed by atoms with Crippen molar-refractivity contribution in [2.24, 2.45) is 5.92 Å². The number of hydrogen-bond acceptors (Lipinski definition) is 4. The molecule has 1 aromatic carbocycles. The monoisotopic (exact) mass is 364 g/mol. The van der Waals surface area contributed by atoms with E-state index in [0.29, 0.717) is 30.0 Å². The summed E-state index contributed by atoms with van der Waals surface area (Å²) in [6, 6.07) is 9.87. The Hall–Kier alpha value is -2.76. The number of benzene rings is 1. The number of amides is 2. The van der Waals surface area contributed by atoms with Crippen molar-refractivity contribution in [3.05, 3.63) is 47.8 Å². The number of nitrogens with one attached hydrogen (secondary N) is 1. The van der Waals surface area contributed by atoms with E-state index in [1.807, 2.05) is 42.2 Å². The average Bonchev–Trinajstić information content (AvgIpc) is 3.14. The highest BCUT2D eigenvalue weighted by Crippen LogP contribution is 2.29. The van der Waals surface area contributed by atoms with Crippen molar-refractivity contribution in [3.8, 4) is 11.4 Å². The Morgan fingerprint density at radius 3 is 2.74 bits per heavy atom. The molecule has 2 aromatic rings. The quantitative estimate of drug-likeness (QED) is 0.908. The summed E-state index contributed by atoms with van der Waals surface area (Å²) in [4.78, 5) is 35.8. The molecular weight excluding hydrogens is 340 g/mol. The molecule has 27 heavy (non-hydrogen) atoms. The van der Waals surface area contributed by atoms with Gasteiger partial charge in [-0.05, 0) is 26.2 Å². The summed E-state index contributed by atoms with van der Waals surface area (Å²) in [5, 5.41) is 2.90. The lowest BCUT2D eigenvalue weighted by Gasteiger charge is -2.39. The summed E-state index contributed by atoms with van der Waals surface area (Å²) in [6.07, 6.45) is 5.21. The Bertz CT molecular complexity index is 853. The predicted molar refractivity (Wildman–Crippen MR) is 102 cm³/mol. The fourth-order valence-electron chi connectivity index (χ4n) is 4.16. The predicted octanol–water partition coefficient (Wildman–Crippen LogP) is 2.58. The zero-order valence-corrected chi connectivity index (χ0v) is 15.5. The van der Waals surface area contributed by atoms with Gasteiger partial charge in [-0.3, -0.25) is 9.59 Å². The van der Waals surface area contributed by atoms with Crippen molar-refractivity contribution < 1.29 is 9.59 Å². The first-order valence-electron chi connectivity index (χ1n) is 9.60. The van der Waals surface area contributed by atoms with Gasteiger partial charge in [-0.25, -0.2) is 9.97 Å². The van der Waals surface area contributed by atoms with E-state index >= 15 is 0 Å². The highest BCUT2D eigenvalue weighted by Gasteiger charge is 2.37. The van der Waals surface area contributed by atoms with E-state index in [1.165, 1.54) is 0 Å². The minimum atomic E-state index is -0.0174. The number of likely N-dealkylation sites (tertiary alicyclic amines) is 1. The smallest absolute Gasteiger partial charge is 0.257 e. The van der Waals surface area contributed by atoms with Gasteiger partial charge in [0, 0.05) is 43.2 Å². The fourth-order valence-corrected chi connectivity index (χ4v) is 4.16. The van der Waals surface area contributed by atoms with Gasteiger partial charge < -0.3 is 10.2 Å². The summed E-state index contributed by atoms with van der Waals surface area (Å²) >= 11 is 0. The van der Waals surface area contributed by atoms with Gasteiger partial charge in [0.15, 0.2) is 5.82 Å². The van der Waals surface area contributed by atoms with Gasteiger partial charge in [0.2, 0.25) is 5.91 Å². The lowest BCUT2D eigenvalue weighted by Crippen LogP contribution is -2.48. The van der Waals surface area contributed by atoms with Crippen molar-refractivity contribution >= 4 is 11.8 Å². The number of piperidine rings is 1. The number of hydrogen-bond donors (Lipinski definition) is 1. The van der Waals surface area contributed by atoms with E-state index < -0.39 is 0 Å². The van der Waals surface area contributed by atoms with Crippen LogP contribution in [0.25, 0.3) is 11.4 Å². The zero-order chi connectivity index (χ0) is 18.8. The number of aryl methyl sites for hydroxylation is 1. The molecule has 2 aliphatic heterocycles. The molecule has 2 saturated heterocycles. The van der Waals surface area contributed by atoms with E-state index in [-0.39, 0.29) is 23.8 Å². The molecule has 3 heterocycles. The maximum Gasteiger partial charge on any atom is 0.257 e. The topological polar surface area (TPSA) is 75.2 Å². The number of carbonyl (C=O) groups is 2. The second kappa shape index (κ2) is 7.47. The Morgan fingerprint density at radius 1 is 1.22 bits per heavy atom. The summed E-state index contributed by atoms with van der Waals surface area (Å²) in [5.41, 5.74) is 2.18. The molecule has 0 spiro atoms. The summed E-state index contributed by atoms with van der Waals surface area (Å²) < 4.78 is 0. The molecule has 140 valence electrons. The van der Waals surface area contributed by atoms with Gasteiger partial charge >= 0.3 is 0 Å². The van der Waals surface area contributed by atoms with Gasteiger partial charge in [-0.2, -0.15) is 0 Å². The standard InChI is InChI=1S/C21H24N4O2/c1-14-17(13-23-20(24-14)15-7-3-2-4-8-15)21(27)25-10-6-5-9-18(25)16-11-19(26)22-12-16/h2-4,7-8,13,16,18H,5-6,9-12H2,1H3,(H,22,26). The van der Waals surface area contributed by atoms with E-state index in [1.54, 1.807) is 6.20 Å². The molecule has 2 fully saturated rings. The molecule has 2 amide bonds. The normalized spacial score (nSPS) is 22.6. The lowest BCUT2D eigenvalue weighted by molar-refractivity contribution is -0.119. The van der Waals surface area contributed by atoms with Gasteiger partial charge in [0.1, 0.15) is 0 Å². The Balaban J connectivity index is 1.58. The maximum absolute atomic E-state index is 13.3. The number of nitrogens with zero attached hydrogens (tertiary/aromatic N) is 3. The molecule has 6 nitrogen and oxygen atoms in total. The van der Waals surface area contributed by atoms with Gasteiger partial charge in [0.25, 0.3) is 5.91 Å². The van der Waals surface area contributed by atoms with E-state index in [2.05, 4.69) is 15.3 Å². The third-order valence-corrected chi connectivity index (χ3v) is 5.60. The minimum Gasteiger partial charge on any atom is -0.356 e. The van der Waals surface area contributed by atoms with Crippen LogP contribution < -0.4 is 5.32 Å². The average molecular weight is 364 g/mol. The first-order chi connectivity index (χ1) is 13.1. The molecule has 1 aromatic heterocycles. The Morgan fingerprint density at radius 2 is 2.04 bits per heavy atom. The van der Waals surface area contributed by atoms with Crippen molar-refractivity contribution in [3.63, 3.8) is 0 Å². The molecule has 2 aliphatic rings. The van der Waals surface area contributed by atoms with E-state index in [4.69, 9.17) is 0 Å². The molecule has 0 bridgehead atoms. The van der Waals surface area contributed by atoms with Crippen LogP contribution in [-0.4, -0.2) is 45.8 Å². The number of aromatic nitrogens is 2. The summed E-state index contributed by atoms with van der Waals surface area (Å²) in [6.45, 7) is 3.25. The fraction of sp³-hybridized carbons (Fsp3) is 0.429. The molecule has 6 heteroatoms. The van der Waals surface area contributed by atoms with Gasteiger partial charge in [-0.15, -0.1) is 0 Å². The van der Waals surface area contributed by atoms with Crippen molar-refractivity contribution in [2.75, 3.05) is 13.1 Å². The van der Waals surface area contributed by atoms with Crippen LogP contribution in [0.15, 0.2) is 36.5 Å². The highest BCUT2D eigenvalue weighted by molar-refractivity contribution is 5.95. The second-order valence-electron chi connectivity index (χ2n) is 7.39. The van der Waals surface area contributed by atoms with Crippen LogP contribution in [0.3, 0.4) is 0 Å². The third kappa shape index (κ3) is 3.56. The van der Waals surface area contributed by atoms with Gasteiger partial charge in [0.05, 0.1) is 11.3 Å². The van der Waals surface area contributed by atoms with E-state index in [0.717, 1.165) is 31.4 Å². The SMILES string of the molecule is Cc1nc(-c2ccccc2)ncc1C(=O)N1CCCCC1C1CNC(=O)C1. The number of rotatable bonds is 3. The molecule has 0 saturated carbocycles. The maximum atomic E-state index is 13.3. The van der Waals surface area contributed by atoms with Crippen LogP contribution >= 0.6 is 0 Å². The van der Waals surface area contributed by atoms with Crippen LogP contribution in [0, 0.1) is 12.8 Å². The third-order valence-electron chi connectivity index (χ3n) is 5.60. The van der Waals surface area contributed by atoms with Crippen molar-refractivity contribution in [1.82, 2.24) is 20.2 Å². The van der Waals surface area contributed by atoms with Crippen molar-refractivity contribution in [1.29, 1.82) is 0 Å². The zero-order valence-electron chi connectivity index (χ0n) is 15.5. The van der Waals surface area contributed by atoms with Crippen LogP contribution in [0.4, 0.5) is 0 Å². The van der Waals surface area contributed by atoms with Crippen molar-refractivity contribution in [2.45, 2.75) is 38.6 Å². The largest absolute Gasteiger partial charge is 0.356 e. The molecular formula is C21H24N4O2. The molecule has 0 radical (unpaired) electrons. The first-order valence-corrected chi connectivity index (χ1v) is 9.60. The first kappa shape index (κ1) is 17.6. The van der Waals surface area contributed by atoms with Crippen LogP contribution in [0.5, 0.6) is 0 Å². The van der Waals surface area contributed by atoms with Gasteiger partial charge in [-0.1, -0.05) is 30.3 Å². The summed E-state index contributed by atoms with van der Waals surface area (Å²) in [7, 11) is 0. The lowest BCUT2D eigenvalue weighted by atomic mass is 9.89. The highest BCUT2D eigenvalue weighted by atomic mass is 16.2. The molecule has 4 rings (SSSR count). The summed E-state index contributed by atoms with van der Waals surface area (Å²) in [5.74, 6) is 0.901. The van der Waals surface area contributed by atoms with Crippen LogP contribution in [0.1, 0.15) is 41.7 Å². The van der Waals surface area contributed by atoms with Crippen LogP contribution in [-0.2, 0) is 4.79 Å². The Labute approximate surface area is 159 Å².